The van der Waals surface area contributed by atoms with Crippen LogP contribution in [0.4, 0.5) is 15.8 Å². The van der Waals surface area contributed by atoms with Crippen molar-refractivity contribution in [2.45, 2.75) is 0 Å². The first-order chi connectivity index (χ1) is 9.10. The summed E-state index contributed by atoms with van der Waals surface area (Å²) >= 11 is 3.21. The molecule has 0 unspecified atom stereocenters. The Balaban J connectivity index is 2.22. The molecule has 5 nitrogen and oxygen atoms in total. The first kappa shape index (κ1) is 13.4. The maximum absolute atomic E-state index is 13.5. The number of hydrogen-bond acceptors (Lipinski definition) is 4. The smallest absolute Gasteiger partial charge is 0.274 e. The summed E-state index contributed by atoms with van der Waals surface area (Å²) in [5.41, 5.74) is 3.15. The number of benzene rings is 1. The number of nitrogen functional groups attached to an aromatic ring is 1. The Labute approximate surface area is 117 Å². The fourth-order valence-corrected chi connectivity index (χ4v) is 1.79. The van der Waals surface area contributed by atoms with E-state index in [1.54, 1.807) is 12.1 Å². The lowest BCUT2D eigenvalue weighted by molar-refractivity contribution is 0.102. The van der Waals surface area contributed by atoms with E-state index in [2.05, 4.69) is 31.7 Å². The lowest BCUT2D eigenvalue weighted by Crippen LogP contribution is -2.15. The molecule has 0 fully saturated rings. The van der Waals surface area contributed by atoms with Gasteiger partial charge in [0.05, 0.1) is 11.4 Å². The van der Waals surface area contributed by atoms with Gasteiger partial charge in [0.2, 0.25) is 0 Å². The predicted octanol–water partition coefficient (Wildman–Crippen LogP) is 2.52. The Morgan fingerprint density at radius 3 is 2.84 bits per heavy atom. The number of rotatable bonds is 3. The average molecular weight is 325 g/mol. The highest BCUT2D eigenvalue weighted by molar-refractivity contribution is 9.10. The van der Waals surface area contributed by atoms with Crippen molar-refractivity contribution in [1.82, 2.24) is 4.98 Å². The SMILES string of the molecule is NNc1ccnc(C(=O)Nc2cc(Br)ccc2F)c1. The quantitative estimate of drug-likeness (QED) is 0.598. The molecule has 1 heterocycles. The van der Waals surface area contributed by atoms with Crippen LogP contribution in [0.2, 0.25) is 0 Å². The van der Waals surface area contributed by atoms with E-state index in [9.17, 15) is 9.18 Å². The molecule has 98 valence electrons. The summed E-state index contributed by atoms with van der Waals surface area (Å²) in [6, 6.07) is 7.34. The molecule has 0 atom stereocenters. The van der Waals surface area contributed by atoms with Gasteiger partial charge >= 0.3 is 0 Å². The standard InChI is InChI=1S/C12H10BrFN4O/c13-7-1-2-9(14)10(5-7)17-12(19)11-6-8(18-15)3-4-16-11/h1-6H,15H2,(H,16,18)(H,17,19). The zero-order valence-electron chi connectivity index (χ0n) is 9.65. The minimum absolute atomic E-state index is 0.0762. The molecule has 0 aliphatic carbocycles. The Kier molecular flexibility index (Phi) is 4.08. The third kappa shape index (κ3) is 3.27. The van der Waals surface area contributed by atoms with Crippen LogP contribution in [-0.2, 0) is 0 Å². The molecular formula is C12H10BrFN4O. The summed E-state index contributed by atoms with van der Waals surface area (Å²) in [5.74, 6) is 4.20. The minimum atomic E-state index is -0.523. The summed E-state index contributed by atoms with van der Waals surface area (Å²) in [6.07, 6.45) is 1.43. The van der Waals surface area contributed by atoms with Gasteiger partial charge in [-0.1, -0.05) is 15.9 Å². The Morgan fingerprint density at radius 1 is 1.32 bits per heavy atom. The molecule has 0 spiro atoms. The highest BCUT2D eigenvalue weighted by atomic mass is 79.9. The van der Waals surface area contributed by atoms with Crippen LogP contribution < -0.4 is 16.6 Å². The van der Waals surface area contributed by atoms with Crippen LogP contribution in [-0.4, -0.2) is 10.9 Å². The fraction of sp³-hybridized carbons (Fsp3) is 0. The average Bonchev–Trinajstić information content (AvgIpc) is 2.43. The lowest BCUT2D eigenvalue weighted by atomic mass is 10.2. The summed E-state index contributed by atoms with van der Waals surface area (Å²) in [7, 11) is 0. The minimum Gasteiger partial charge on any atom is -0.324 e. The molecule has 1 amide bonds. The number of carbonyl (C=O) groups excluding carboxylic acids is 1. The number of carbonyl (C=O) groups is 1. The Bertz CT molecular complexity index is 620. The van der Waals surface area contributed by atoms with Crippen LogP contribution >= 0.6 is 15.9 Å². The fourth-order valence-electron chi connectivity index (χ4n) is 1.42. The van der Waals surface area contributed by atoms with Crippen molar-refractivity contribution in [3.8, 4) is 0 Å². The molecule has 0 saturated heterocycles. The van der Waals surface area contributed by atoms with Crippen LogP contribution in [0, 0.1) is 5.82 Å². The molecule has 19 heavy (non-hydrogen) atoms. The molecule has 0 aliphatic heterocycles. The second kappa shape index (κ2) is 5.77. The number of aromatic nitrogens is 1. The molecule has 2 rings (SSSR count). The van der Waals surface area contributed by atoms with Crippen LogP contribution in [0.15, 0.2) is 41.0 Å². The van der Waals surface area contributed by atoms with E-state index in [0.717, 1.165) is 0 Å². The summed E-state index contributed by atoms with van der Waals surface area (Å²) < 4.78 is 14.2. The first-order valence-electron chi connectivity index (χ1n) is 5.29. The lowest BCUT2D eigenvalue weighted by Gasteiger charge is -2.07. The molecule has 4 N–H and O–H groups in total. The van der Waals surface area contributed by atoms with Crippen molar-refractivity contribution in [3.63, 3.8) is 0 Å². The van der Waals surface area contributed by atoms with Crippen molar-refractivity contribution in [3.05, 3.63) is 52.5 Å². The number of anilines is 2. The maximum Gasteiger partial charge on any atom is 0.274 e. The highest BCUT2D eigenvalue weighted by Gasteiger charge is 2.11. The number of halogens is 2. The number of hydrogen-bond donors (Lipinski definition) is 3. The number of nitrogens with one attached hydrogen (secondary N) is 2. The summed E-state index contributed by atoms with van der Waals surface area (Å²) in [5, 5.41) is 2.44. The molecule has 0 bridgehead atoms. The zero-order valence-corrected chi connectivity index (χ0v) is 11.2. The van der Waals surface area contributed by atoms with Gasteiger partial charge in [0.25, 0.3) is 5.91 Å². The van der Waals surface area contributed by atoms with E-state index in [0.29, 0.717) is 10.2 Å². The van der Waals surface area contributed by atoms with Gasteiger partial charge in [0.15, 0.2) is 0 Å². The predicted molar refractivity (Wildman–Crippen MR) is 74.1 cm³/mol. The number of pyridine rings is 1. The van der Waals surface area contributed by atoms with E-state index in [4.69, 9.17) is 5.84 Å². The normalized spacial score (nSPS) is 10.1. The van der Waals surface area contributed by atoms with Gasteiger partial charge in [0, 0.05) is 10.7 Å². The van der Waals surface area contributed by atoms with Crippen LogP contribution in [0.25, 0.3) is 0 Å². The van der Waals surface area contributed by atoms with Crippen LogP contribution in [0.1, 0.15) is 10.5 Å². The van der Waals surface area contributed by atoms with Gasteiger partial charge in [-0.3, -0.25) is 15.6 Å². The molecular weight excluding hydrogens is 315 g/mol. The van der Waals surface area contributed by atoms with Crippen LogP contribution in [0.3, 0.4) is 0 Å². The van der Waals surface area contributed by atoms with Crippen molar-refractivity contribution >= 4 is 33.2 Å². The Morgan fingerprint density at radius 2 is 2.11 bits per heavy atom. The largest absolute Gasteiger partial charge is 0.324 e. The number of amides is 1. The van der Waals surface area contributed by atoms with Gasteiger partial charge in [-0.15, -0.1) is 0 Å². The molecule has 2 aromatic rings. The van der Waals surface area contributed by atoms with E-state index in [1.807, 2.05) is 0 Å². The van der Waals surface area contributed by atoms with E-state index in [1.165, 1.54) is 24.4 Å². The van der Waals surface area contributed by atoms with E-state index >= 15 is 0 Å². The van der Waals surface area contributed by atoms with Gasteiger partial charge in [-0.2, -0.15) is 0 Å². The van der Waals surface area contributed by atoms with Gasteiger partial charge in [0.1, 0.15) is 11.5 Å². The van der Waals surface area contributed by atoms with Crippen molar-refractivity contribution in [2.75, 3.05) is 10.7 Å². The maximum atomic E-state index is 13.5. The van der Waals surface area contributed by atoms with Gasteiger partial charge < -0.3 is 10.7 Å². The van der Waals surface area contributed by atoms with E-state index in [-0.39, 0.29) is 11.4 Å². The molecule has 7 heteroatoms. The number of nitrogens with two attached hydrogens (primary N) is 1. The zero-order chi connectivity index (χ0) is 13.8. The summed E-state index contributed by atoms with van der Waals surface area (Å²) in [6.45, 7) is 0. The van der Waals surface area contributed by atoms with Gasteiger partial charge in [-0.25, -0.2) is 4.39 Å². The first-order valence-corrected chi connectivity index (χ1v) is 6.08. The Hall–Kier alpha value is -1.99. The highest BCUT2D eigenvalue weighted by Crippen LogP contribution is 2.20. The van der Waals surface area contributed by atoms with Crippen LogP contribution in [0.5, 0.6) is 0 Å². The molecule has 0 radical (unpaired) electrons. The molecule has 1 aromatic heterocycles. The van der Waals surface area contributed by atoms with E-state index < -0.39 is 11.7 Å². The number of hydrazine groups is 1. The second-order valence-corrected chi connectivity index (χ2v) is 4.57. The molecule has 1 aromatic carbocycles. The summed E-state index contributed by atoms with van der Waals surface area (Å²) in [4.78, 5) is 15.8. The second-order valence-electron chi connectivity index (χ2n) is 3.65. The number of nitrogens with zero attached hydrogens (tertiary/aromatic N) is 1. The molecule has 0 saturated carbocycles. The monoisotopic (exact) mass is 324 g/mol. The van der Waals surface area contributed by atoms with Crippen molar-refractivity contribution in [2.24, 2.45) is 5.84 Å². The van der Waals surface area contributed by atoms with Crippen molar-refractivity contribution < 1.29 is 9.18 Å². The molecule has 0 aliphatic rings. The van der Waals surface area contributed by atoms with Crippen molar-refractivity contribution in [1.29, 1.82) is 0 Å². The third-order valence-electron chi connectivity index (χ3n) is 2.34. The van der Waals surface area contributed by atoms with Gasteiger partial charge in [-0.05, 0) is 30.3 Å². The topological polar surface area (TPSA) is 80.0 Å². The third-order valence-corrected chi connectivity index (χ3v) is 2.83.